The van der Waals surface area contributed by atoms with Crippen molar-refractivity contribution in [1.29, 1.82) is 0 Å². The molecule has 2 rings (SSSR count). The largest absolute Gasteiger partial charge is 0.493 e. The molecule has 1 aliphatic rings. The summed E-state index contributed by atoms with van der Waals surface area (Å²) in [5, 5.41) is 6.68. The number of hydrogen-bond donors (Lipinski definition) is 2. The molecule has 0 bridgehead atoms. The van der Waals surface area contributed by atoms with E-state index in [-0.39, 0.29) is 11.5 Å². The first-order chi connectivity index (χ1) is 15.0. The lowest BCUT2D eigenvalue weighted by Crippen LogP contribution is -2.53. The first-order valence-electron chi connectivity index (χ1n) is 10.9. The third kappa shape index (κ3) is 7.81. The zero-order valence-electron chi connectivity index (χ0n) is 19.0. The predicted molar refractivity (Wildman–Crippen MR) is 118 cm³/mol. The average Bonchev–Trinajstić information content (AvgIpc) is 2.78. The summed E-state index contributed by atoms with van der Waals surface area (Å²) < 4.78 is 40.5. The lowest BCUT2D eigenvalue weighted by molar-refractivity contribution is -0.0512. The second-order valence-electron chi connectivity index (χ2n) is 7.46. The van der Waals surface area contributed by atoms with Crippen molar-refractivity contribution in [3.63, 3.8) is 0 Å². The maximum absolute atomic E-state index is 12.7. The van der Waals surface area contributed by atoms with Crippen molar-refractivity contribution < 1.29 is 23.0 Å². The minimum Gasteiger partial charge on any atom is -0.493 e. The van der Waals surface area contributed by atoms with Gasteiger partial charge in [0, 0.05) is 39.3 Å². The number of guanidine groups is 1. The van der Waals surface area contributed by atoms with E-state index >= 15 is 0 Å². The number of benzene rings is 1. The Hall–Kier alpha value is -2.13. The van der Waals surface area contributed by atoms with Crippen molar-refractivity contribution >= 4 is 5.96 Å². The molecular weight excluding hydrogens is 406 g/mol. The molecule has 1 fully saturated rings. The van der Waals surface area contributed by atoms with Crippen molar-refractivity contribution in [2.24, 2.45) is 10.9 Å². The van der Waals surface area contributed by atoms with Gasteiger partial charge in [-0.1, -0.05) is 32.8 Å². The number of morpholine rings is 1. The normalized spacial score (nSPS) is 16.5. The summed E-state index contributed by atoms with van der Waals surface area (Å²) in [6, 6.07) is 5.36. The Balaban J connectivity index is 1.97. The first kappa shape index (κ1) is 25.1. The molecule has 1 aromatic carbocycles. The van der Waals surface area contributed by atoms with Crippen LogP contribution >= 0.6 is 0 Å². The first-order valence-corrected chi connectivity index (χ1v) is 10.9. The van der Waals surface area contributed by atoms with Crippen LogP contribution in [0.15, 0.2) is 23.2 Å². The van der Waals surface area contributed by atoms with Gasteiger partial charge in [0.2, 0.25) is 0 Å². The molecule has 0 aliphatic carbocycles. The van der Waals surface area contributed by atoms with Gasteiger partial charge in [0.1, 0.15) is 0 Å². The minimum absolute atomic E-state index is 0.0147. The Kier molecular flexibility index (Phi) is 10.8. The summed E-state index contributed by atoms with van der Waals surface area (Å²) in [7, 11) is 3.14. The number of halogens is 2. The van der Waals surface area contributed by atoms with E-state index < -0.39 is 6.61 Å². The zero-order chi connectivity index (χ0) is 22.6. The van der Waals surface area contributed by atoms with Crippen LogP contribution in [-0.2, 0) is 11.3 Å². The van der Waals surface area contributed by atoms with Gasteiger partial charge in [-0.3, -0.25) is 9.89 Å². The van der Waals surface area contributed by atoms with Gasteiger partial charge in [-0.25, -0.2) is 0 Å². The van der Waals surface area contributed by atoms with Crippen LogP contribution in [0.5, 0.6) is 11.5 Å². The Morgan fingerprint density at radius 1 is 1.16 bits per heavy atom. The van der Waals surface area contributed by atoms with E-state index in [4.69, 9.17) is 9.47 Å². The highest BCUT2D eigenvalue weighted by molar-refractivity contribution is 5.79. The molecule has 1 unspecified atom stereocenters. The van der Waals surface area contributed by atoms with Crippen molar-refractivity contribution in [3.05, 3.63) is 23.8 Å². The number of aliphatic imine (C=N–C) groups is 1. The molecule has 1 aliphatic heterocycles. The molecule has 1 saturated heterocycles. The van der Waals surface area contributed by atoms with E-state index in [2.05, 4.69) is 39.1 Å². The van der Waals surface area contributed by atoms with Crippen molar-refractivity contribution in [2.45, 2.75) is 45.9 Å². The number of hydrogen-bond acceptors (Lipinski definition) is 5. The standard InChI is InChI=1S/C22H36F2N4O3/c1-5-17(6-2)18(28-9-11-30-12-10-28)15-27-22(25-3)26-14-16-7-8-19(29-4)20(13-16)31-21(23)24/h7-8,13,17-18,21H,5-6,9-12,14-15H2,1-4H3,(H2,25,26,27). The number of rotatable bonds is 11. The molecule has 1 aromatic rings. The van der Waals surface area contributed by atoms with E-state index in [0.29, 0.717) is 24.5 Å². The van der Waals surface area contributed by atoms with Gasteiger partial charge in [0.25, 0.3) is 0 Å². The summed E-state index contributed by atoms with van der Waals surface area (Å²) in [4.78, 5) is 6.81. The summed E-state index contributed by atoms with van der Waals surface area (Å²) in [5.74, 6) is 1.53. The smallest absolute Gasteiger partial charge is 0.387 e. The predicted octanol–water partition coefficient (Wildman–Crippen LogP) is 3.10. The maximum atomic E-state index is 12.7. The summed E-state index contributed by atoms with van der Waals surface area (Å²) >= 11 is 0. The molecular formula is C22H36F2N4O3. The van der Waals surface area contributed by atoms with Crippen molar-refractivity contribution in [3.8, 4) is 11.5 Å². The number of ether oxygens (including phenoxy) is 3. The fourth-order valence-corrected chi connectivity index (χ4v) is 3.96. The maximum Gasteiger partial charge on any atom is 0.387 e. The number of methoxy groups -OCH3 is 1. The van der Waals surface area contributed by atoms with E-state index in [1.165, 1.54) is 7.11 Å². The quantitative estimate of drug-likeness (QED) is 0.406. The molecule has 7 nitrogen and oxygen atoms in total. The van der Waals surface area contributed by atoms with Crippen molar-refractivity contribution in [1.82, 2.24) is 15.5 Å². The van der Waals surface area contributed by atoms with E-state index in [1.807, 2.05) is 0 Å². The monoisotopic (exact) mass is 442 g/mol. The van der Waals surface area contributed by atoms with Crippen LogP contribution < -0.4 is 20.1 Å². The Bertz CT molecular complexity index is 681. The van der Waals surface area contributed by atoms with Crippen LogP contribution in [0.4, 0.5) is 8.78 Å². The van der Waals surface area contributed by atoms with Crippen molar-refractivity contribution in [2.75, 3.05) is 47.0 Å². The molecule has 1 atom stereocenters. The van der Waals surface area contributed by atoms with Gasteiger partial charge < -0.3 is 24.8 Å². The van der Waals surface area contributed by atoms with E-state index in [0.717, 1.165) is 51.3 Å². The fraction of sp³-hybridized carbons (Fsp3) is 0.682. The van der Waals surface area contributed by atoms with Crippen LogP contribution in [0.1, 0.15) is 32.3 Å². The van der Waals surface area contributed by atoms with Crippen LogP contribution in [0, 0.1) is 5.92 Å². The molecule has 2 N–H and O–H groups in total. The molecule has 0 radical (unpaired) electrons. The fourth-order valence-electron chi connectivity index (χ4n) is 3.96. The summed E-state index contributed by atoms with van der Waals surface area (Å²) in [6.45, 7) is 6.16. The molecule has 1 heterocycles. The number of nitrogens with zero attached hydrogens (tertiary/aromatic N) is 2. The van der Waals surface area contributed by atoms with Gasteiger partial charge in [-0.05, 0) is 23.6 Å². The summed E-state index contributed by atoms with van der Waals surface area (Å²) in [6.07, 6.45) is 2.23. The SMILES string of the molecule is CCC(CC)C(CNC(=NC)NCc1ccc(OC)c(OC(F)F)c1)N1CCOCC1. The van der Waals surface area contributed by atoms with E-state index in [9.17, 15) is 8.78 Å². The molecule has 0 spiro atoms. The second kappa shape index (κ2) is 13.3. The molecule has 31 heavy (non-hydrogen) atoms. The highest BCUT2D eigenvalue weighted by Gasteiger charge is 2.27. The minimum atomic E-state index is -2.91. The Morgan fingerprint density at radius 2 is 1.87 bits per heavy atom. The average molecular weight is 443 g/mol. The molecule has 0 saturated carbocycles. The van der Waals surface area contributed by atoms with Gasteiger partial charge in [-0.2, -0.15) is 8.78 Å². The summed E-state index contributed by atoms with van der Waals surface area (Å²) in [5.41, 5.74) is 0.782. The Labute approximate surface area is 184 Å². The van der Waals surface area contributed by atoms with Crippen LogP contribution in [-0.4, -0.2) is 70.5 Å². The number of alkyl halides is 2. The third-order valence-corrected chi connectivity index (χ3v) is 5.71. The lowest BCUT2D eigenvalue weighted by atomic mass is 9.92. The van der Waals surface area contributed by atoms with Crippen LogP contribution in [0.3, 0.4) is 0 Å². The second-order valence-corrected chi connectivity index (χ2v) is 7.46. The van der Waals surface area contributed by atoms with Gasteiger partial charge in [-0.15, -0.1) is 0 Å². The lowest BCUT2D eigenvalue weighted by Gasteiger charge is -2.39. The highest BCUT2D eigenvalue weighted by Crippen LogP contribution is 2.29. The van der Waals surface area contributed by atoms with Gasteiger partial charge in [0.15, 0.2) is 17.5 Å². The number of nitrogens with one attached hydrogen (secondary N) is 2. The van der Waals surface area contributed by atoms with Crippen LogP contribution in [0.25, 0.3) is 0 Å². The third-order valence-electron chi connectivity index (χ3n) is 5.71. The highest BCUT2D eigenvalue weighted by atomic mass is 19.3. The molecule has 176 valence electrons. The molecule has 9 heteroatoms. The molecule has 0 aromatic heterocycles. The molecule has 0 amide bonds. The topological polar surface area (TPSA) is 67.4 Å². The van der Waals surface area contributed by atoms with Crippen LogP contribution in [0.2, 0.25) is 0 Å². The van der Waals surface area contributed by atoms with E-state index in [1.54, 1.807) is 25.2 Å². The Morgan fingerprint density at radius 3 is 2.45 bits per heavy atom. The van der Waals surface area contributed by atoms with Gasteiger partial charge in [0.05, 0.1) is 20.3 Å². The van der Waals surface area contributed by atoms with Gasteiger partial charge >= 0.3 is 6.61 Å². The zero-order valence-corrected chi connectivity index (χ0v) is 19.0.